The van der Waals surface area contributed by atoms with Crippen LogP contribution in [0.1, 0.15) is 36.2 Å². The van der Waals surface area contributed by atoms with Crippen LogP contribution in [0.25, 0.3) is 0 Å². The van der Waals surface area contributed by atoms with Crippen molar-refractivity contribution >= 4 is 21.6 Å². The lowest BCUT2D eigenvalue weighted by Gasteiger charge is -2.23. The molecule has 1 amide bonds. The lowest BCUT2D eigenvalue weighted by molar-refractivity contribution is 0.0981. The zero-order valence-electron chi connectivity index (χ0n) is 14.4. The topological polar surface area (TPSA) is 66.5 Å². The van der Waals surface area contributed by atoms with E-state index >= 15 is 0 Å². The Bertz CT molecular complexity index is 893. The monoisotopic (exact) mass is 358 g/mol. The van der Waals surface area contributed by atoms with Gasteiger partial charge >= 0.3 is 0 Å². The molecule has 0 saturated carbocycles. The van der Waals surface area contributed by atoms with Crippen molar-refractivity contribution in [1.29, 1.82) is 0 Å². The highest BCUT2D eigenvalue weighted by molar-refractivity contribution is 7.89. The van der Waals surface area contributed by atoms with Crippen LogP contribution in [0.3, 0.4) is 0 Å². The second-order valence-corrected chi connectivity index (χ2v) is 8.05. The maximum Gasteiger partial charge on any atom is 0.258 e. The van der Waals surface area contributed by atoms with Crippen LogP contribution in [0.4, 0.5) is 5.69 Å². The number of fused-ring (bicyclic) bond motifs is 1. The molecule has 6 heteroatoms. The van der Waals surface area contributed by atoms with Gasteiger partial charge in [0.25, 0.3) is 5.91 Å². The fourth-order valence-electron chi connectivity index (χ4n) is 3.13. The molecule has 1 unspecified atom stereocenters. The number of sulfonamides is 1. The summed E-state index contributed by atoms with van der Waals surface area (Å²) in [4.78, 5) is 14.9. The number of carbonyl (C=O) groups is 1. The third-order valence-corrected chi connectivity index (χ3v) is 5.82. The van der Waals surface area contributed by atoms with Crippen LogP contribution in [-0.2, 0) is 16.4 Å². The molecule has 1 heterocycles. The summed E-state index contributed by atoms with van der Waals surface area (Å²) in [5.74, 6) is -0.176. The van der Waals surface area contributed by atoms with Gasteiger partial charge in [-0.2, -0.15) is 0 Å². The number of amides is 1. The minimum absolute atomic E-state index is 0.0448. The predicted molar refractivity (Wildman–Crippen MR) is 98.3 cm³/mol. The Kier molecular flexibility index (Phi) is 4.92. The molecule has 0 aliphatic carbocycles. The third kappa shape index (κ3) is 3.45. The van der Waals surface area contributed by atoms with Gasteiger partial charge in [0.15, 0.2) is 0 Å². The molecular formula is C19H22N2O3S. The van der Waals surface area contributed by atoms with Crippen molar-refractivity contribution in [3.8, 4) is 0 Å². The van der Waals surface area contributed by atoms with Crippen LogP contribution in [-0.4, -0.2) is 26.9 Å². The maximum atomic E-state index is 13.0. The predicted octanol–water partition coefficient (Wildman–Crippen LogP) is 2.97. The van der Waals surface area contributed by atoms with E-state index in [4.69, 9.17) is 0 Å². The fraction of sp³-hybridized carbons (Fsp3) is 0.316. The minimum atomic E-state index is -3.60. The molecule has 0 radical (unpaired) electrons. The number of para-hydroxylation sites is 1. The van der Waals surface area contributed by atoms with Crippen LogP contribution in [0.2, 0.25) is 0 Å². The van der Waals surface area contributed by atoms with E-state index in [0.717, 1.165) is 17.7 Å². The van der Waals surface area contributed by atoms with Crippen LogP contribution >= 0.6 is 0 Å². The number of rotatable bonds is 5. The number of nitrogens with zero attached hydrogens (tertiary/aromatic N) is 1. The van der Waals surface area contributed by atoms with E-state index in [1.807, 2.05) is 38.1 Å². The molecule has 0 spiro atoms. The highest BCUT2D eigenvalue weighted by atomic mass is 32.2. The van der Waals surface area contributed by atoms with E-state index in [1.165, 1.54) is 12.1 Å². The van der Waals surface area contributed by atoms with Gasteiger partial charge in [-0.1, -0.05) is 31.2 Å². The number of carbonyl (C=O) groups excluding carboxylic acids is 1. The first kappa shape index (κ1) is 17.6. The van der Waals surface area contributed by atoms with E-state index in [9.17, 15) is 13.2 Å². The molecule has 3 rings (SSSR count). The smallest absolute Gasteiger partial charge is 0.258 e. The van der Waals surface area contributed by atoms with Crippen molar-refractivity contribution in [3.63, 3.8) is 0 Å². The van der Waals surface area contributed by atoms with Gasteiger partial charge in [0, 0.05) is 23.8 Å². The molecule has 0 saturated heterocycles. The normalized spacial score (nSPS) is 16.7. The summed E-state index contributed by atoms with van der Waals surface area (Å²) in [6.07, 6.45) is 1.51. The molecular weight excluding hydrogens is 336 g/mol. The molecule has 5 nitrogen and oxygen atoms in total. The number of benzene rings is 2. The van der Waals surface area contributed by atoms with Gasteiger partial charge in [0.05, 0.1) is 4.90 Å². The number of hydrogen-bond acceptors (Lipinski definition) is 3. The van der Waals surface area contributed by atoms with Gasteiger partial charge in [0.1, 0.15) is 0 Å². The van der Waals surface area contributed by atoms with E-state index < -0.39 is 10.0 Å². The Balaban J connectivity index is 1.93. The van der Waals surface area contributed by atoms with E-state index in [2.05, 4.69) is 4.72 Å². The van der Waals surface area contributed by atoms with Crippen molar-refractivity contribution in [3.05, 3.63) is 59.7 Å². The average molecular weight is 358 g/mol. The van der Waals surface area contributed by atoms with Crippen molar-refractivity contribution in [2.24, 2.45) is 0 Å². The first-order valence-electron chi connectivity index (χ1n) is 8.45. The van der Waals surface area contributed by atoms with Crippen LogP contribution in [0.15, 0.2) is 53.4 Å². The Morgan fingerprint density at radius 3 is 2.72 bits per heavy atom. The van der Waals surface area contributed by atoms with Crippen molar-refractivity contribution in [2.75, 3.05) is 11.4 Å². The Morgan fingerprint density at radius 2 is 1.96 bits per heavy atom. The number of nitrogens with one attached hydrogen (secondary N) is 1. The van der Waals surface area contributed by atoms with Crippen LogP contribution in [0, 0.1) is 0 Å². The highest BCUT2D eigenvalue weighted by Crippen LogP contribution is 2.33. The third-order valence-electron chi connectivity index (χ3n) is 4.36. The van der Waals surface area contributed by atoms with Crippen molar-refractivity contribution in [1.82, 2.24) is 4.72 Å². The molecule has 1 N–H and O–H groups in total. The Labute approximate surface area is 148 Å². The zero-order chi connectivity index (χ0) is 18.0. The summed E-state index contributed by atoms with van der Waals surface area (Å²) in [5, 5.41) is 0. The Hall–Kier alpha value is -2.18. The second-order valence-electron chi connectivity index (χ2n) is 6.28. The largest absolute Gasteiger partial charge is 0.305 e. The Morgan fingerprint density at radius 1 is 1.20 bits per heavy atom. The maximum absolute atomic E-state index is 13.0. The average Bonchev–Trinajstić information content (AvgIpc) is 2.95. The molecule has 1 aliphatic rings. The van der Waals surface area contributed by atoms with Gasteiger partial charge in [-0.3, -0.25) is 4.79 Å². The van der Waals surface area contributed by atoms with Crippen molar-refractivity contribution < 1.29 is 13.2 Å². The molecule has 1 atom stereocenters. The molecule has 2 aromatic rings. The molecule has 0 bridgehead atoms. The summed E-state index contributed by atoms with van der Waals surface area (Å²) in [6.45, 7) is 4.27. The first-order valence-corrected chi connectivity index (χ1v) is 9.93. The molecule has 2 aromatic carbocycles. The van der Waals surface area contributed by atoms with E-state index in [-0.39, 0.29) is 16.8 Å². The second kappa shape index (κ2) is 6.98. The van der Waals surface area contributed by atoms with Crippen LogP contribution in [0.5, 0.6) is 0 Å². The summed E-state index contributed by atoms with van der Waals surface area (Å²) in [5.41, 5.74) is 2.41. The summed E-state index contributed by atoms with van der Waals surface area (Å²) in [6, 6.07) is 14.1. The standard InChI is InChI=1S/C19H22N2O3S/c1-3-11-20-25(23,24)17-9-6-8-16(13-17)19(22)21-14(2)12-15-7-4-5-10-18(15)21/h4-10,13-14,20H,3,11-12H2,1-2H3. The lowest BCUT2D eigenvalue weighted by atomic mass is 10.1. The molecule has 0 aromatic heterocycles. The van der Waals surface area contributed by atoms with E-state index in [0.29, 0.717) is 18.5 Å². The lowest BCUT2D eigenvalue weighted by Crippen LogP contribution is -2.35. The van der Waals surface area contributed by atoms with Gasteiger partial charge in [-0.05, 0) is 49.6 Å². The molecule has 0 fully saturated rings. The van der Waals surface area contributed by atoms with Gasteiger partial charge in [-0.15, -0.1) is 0 Å². The molecule has 1 aliphatic heterocycles. The van der Waals surface area contributed by atoms with E-state index in [1.54, 1.807) is 17.0 Å². The van der Waals surface area contributed by atoms with Gasteiger partial charge < -0.3 is 4.90 Å². The highest BCUT2D eigenvalue weighted by Gasteiger charge is 2.31. The SMILES string of the molecule is CCCNS(=O)(=O)c1cccc(C(=O)N2c3ccccc3CC2C)c1. The molecule has 132 valence electrons. The summed E-state index contributed by atoms with van der Waals surface area (Å²) >= 11 is 0. The molecule has 25 heavy (non-hydrogen) atoms. The fourth-order valence-corrected chi connectivity index (χ4v) is 4.31. The van der Waals surface area contributed by atoms with Gasteiger partial charge in [-0.25, -0.2) is 13.1 Å². The van der Waals surface area contributed by atoms with Gasteiger partial charge in [0.2, 0.25) is 10.0 Å². The first-order chi connectivity index (χ1) is 11.9. The van der Waals surface area contributed by atoms with Crippen LogP contribution < -0.4 is 9.62 Å². The van der Waals surface area contributed by atoms with Crippen molar-refractivity contribution in [2.45, 2.75) is 37.6 Å². The zero-order valence-corrected chi connectivity index (χ0v) is 15.2. The number of hydrogen-bond donors (Lipinski definition) is 1. The summed E-state index contributed by atoms with van der Waals surface area (Å²) in [7, 11) is -3.60. The summed E-state index contributed by atoms with van der Waals surface area (Å²) < 4.78 is 27.2. The minimum Gasteiger partial charge on any atom is -0.305 e. The number of anilines is 1. The quantitative estimate of drug-likeness (QED) is 0.893.